The Labute approximate surface area is 172 Å². The van der Waals surface area contributed by atoms with Gasteiger partial charge in [-0.1, -0.05) is 30.0 Å². The number of carboxylic acid groups (broad SMARTS) is 1. The van der Waals surface area contributed by atoms with Crippen LogP contribution in [0.15, 0.2) is 34.7 Å². The van der Waals surface area contributed by atoms with Crippen LogP contribution in [0.25, 0.3) is 0 Å². The fourth-order valence-corrected chi connectivity index (χ4v) is 4.14. The molecule has 0 fully saturated rings. The maximum absolute atomic E-state index is 14.4. The zero-order chi connectivity index (χ0) is 21.6. The Bertz CT molecular complexity index is 812. The highest BCUT2D eigenvalue weighted by Crippen LogP contribution is 2.36. The predicted molar refractivity (Wildman–Crippen MR) is 106 cm³/mol. The molecular formula is C20H24FNO6S. The summed E-state index contributed by atoms with van der Waals surface area (Å²) in [6.07, 6.45) is -0.599. The van der Waals surface area contributed by atoms with Gasteiger partial charge in [0.1, 0.15) is 11.9 Å². The van der Waals surface area contributed by atoms with E-state index < -0.39 is 29.9 Å². The first-order valence-electron chi connectivity index (χ1n) is 8.99. The van der Waals surface area contributed by atoms with Crippen LogP contribution in [-0.4, -0.2) is 60.5 Å². The lowest BCUT2D eigenvalue weighted by atomic mass is 9.98. The standard InChI is InChI=1S/C20H24FNO6S/c1-12(23)29-17-8-9-22(11-13(17)10-16(27-2)19(24)25)18(20(26)28-3)14-6-4-5-7-15(14)21/h4-7,16,18H,8-11H2,1-3H3,(H,24,25)/t16?,18-/m1/s1. The molecule has 1 heterocycles. The van der Waals surface area contributed by atoms with Gasteiger partial charge >= 0.3 is 11.9 Å². The molecule has 0 saturated heterocycles. The number of benzene rings is 1. The molecule has 1 aromatic rings. The molecule has 0 saturated carbocycles. The molecule has 0 aliphatic carbocycles. The second-order valence-corrected chi connectivity index (χ2v) is 7.83. The van der Waals surface area contributed by atoms with Crippen molar-refractivity contribution in [3.05, 3.63) is 46.1 Å². The van der Waals surface area contributed by atoms with E-state index in [1.54, 1.807) is 11.0 Å². The van der Waals surface area contributed by atoms with Gasteiger partial charge in [-0.2, -0.15) is 0 Å². The second kappa shape index (κ2) is 10.5. The molecule has 0 bridgehead atoms. The number of methoxy groups -OCH3 is 2. The van der Waals surface area contributed by atoms with Crippen molar-refractivity contribution < 1.29 is 33.4 Å². The summed E-state index contributed by atoms with van der Waals surface area (Å²) in [5, 5.41) is 9.21. The first kappa shape index (κ1) is 23.1. The summed E-state index contributed by atoms with van der Waals surface area (Å²) in [6.45, 7) is 2.01. The van der Waals surface area contributed by atoms with Crippen molar-refractivity contribution in [1.82, 2.24) is 4.90 Å². The number of esters is 1. The van der Waals surface area contributed by atoms with Gasteiger partial charge in [0, 0.05) is 39.1 Å². The minimum Gasteiger partial charge on any atom is -0.479 e. The van der Waals surface area contributed by atoms with Crippen molar-refractivity contribution >= 4 is 28.8 Å². The van der Waals surface area contributed by atoms with E-state index in [9.17, 15) is 23.9 Å². The highest BCUT2D eigenvalue weighted by atomic mass is 32.2. The van der Waals surface area contributed by atoms with E-state index in [1.807, 2.05) is 0 Å². The van der Waals surface area contributed by atoms with Crippen molar-refractivity contribution in [3.8, 4) is 0 Å². The molecule has 1 aliphatic rings. The number of carbonyl (C=O) groups is 3. The van der Waals surface area contributed by atoms with Crippen molar-refractivity contribution in [3.63, 3.8) is 0 Å². The molecule has 9 heteroatoms. The molecule has 0 spiro atoms. The van der Waals surface area contributed by atoms with Gasteiger partial charge in [-0.15, -0.1) is 0 Å². The average molecular weight is 425 g/mol. The molecule has 7 nitrogen and oxygen atoms in total. The van der Waals surface area contributed by atoms with Crippen molar-refractivity contribution in [1.29, 1.82) is 0 Å². The number of carboxylic acids is 1. The monoisotopic (exact) mass is 425 g/mol. The van der Waals surface area contributed by atoms with E-state index >= 15 is 0 Å². The quantitative estimate of drug-likeness (QED) is 0.636. The van der Waals surface area contributed by atoms with Gasteiger partial charge in [0.15, 0.2) is 11.2 Å². The molecule has 1 unspecified atom stereocenters. The summed E-state index contributed by atoms with van der Waals surface area (Å²) in [5.41, 5.74) is 0.860. The van der Waals surface area contributed by atoms with Crippen LogP contribution >= 0.6 is 11.8 Å². The maximum atomic E-state index is 14.4. The van der Waals surface area contributed by atoms with E-state index in [1.165, 1.54) is 39.3 Å². The number of carbonyl (C=O) groups excluding carboxylic acids is 2. The molecule has 1 aliphatic heterocycles. The summed E-state index contributed by atoms with van der Waals surface area (Å²) in [5.74, 6) is -2.26. The van der Waals surface area contributed by atoms with Gasteiger partial charge in [0.05, 0.1) is 7.11 Å². The number of thioether (sulfide) groups is 1. The molecule has 158 valence electrons. The fraction of sp³-hybridized carbons (Fsp3) is 0.450. The number of rotatable bonds is 8. The lowest BCUT2D eigenvalue weighted by Crippen LogP contribution is -2.40. The highest BCUT2D eigenvalue weighted by Gasteiger charge is 2.35. The number of hydrogen-bond donors (Lipinski definition) is 1. The number of aliphatic carboxylic acids is 1. The molecular weight excluding hydrogens is 401 g/mol. The van der Waals surface area contributed by atoms with Gasteiger partial charge < -0.3 is 14.6 Å². The van der Waals surface area contributed by atoms with Crippen molar-refractivity contribution in [2.75, 3.05) is 27.3 Å². The van der Waals surface area contributed by atoms with Crippen LogP contribution in [0.4, 0.5) is 4.39 Å². The minimum absolute atomic E-state index is 0.0586. The first-order chi connectivity index (χ1) is 13.8. The summed E-state index contributed by atoms with van der Waals surface area (Å²) >= 11 is 1.05. The van der Waals surface area contributed by atoms with E-state index in [4.69, 9.17) is 9.47 Å². The molecule has 1 aromatic carbocycles. The Kier molecular flexibility index (Phi) is 8.36. The Morgan fingerprint density at radius 2 is 1.97 bits per heavy atom. The van der Waals surface area contributed by atoms with Crippen LogP contribution in [0.5, 0.6) is 0 Å². The summed E-state index contributed by atoms with van der Waals surface area (Å²) in [7, 11) is 2.54. The van der Waals surface area contributed by atoms with Gasteiger partial charge in [0.25, 0.3) is 0 Å². The zero-order valence-corrected chi connectivity index (χ0v) is 17.3. The van der Waals surface area contributed by atoms with Crippen LogP contribution in [0.2, 0.25) is 0 Å². The van der Waals surface area contributed by atoms with Gasteiger partial charge in [-0.25, -0.2) is 14.0 Å². The predicted octanol–water partition coefficient (Wildman–Crippen LogP) is 2.77. The first-order valence-corrected chi connectivity index (χ1v) is 9.81. The van der Waals surface area contributed by atoms with E-state index in [0.29, 0.717) is 18.5 Å². The summed E-state index contributed by atoms with van der Waals surface area (Å²) in [6, 6.07) is 4.99. The van der Waals surface area contributed by atoms with Crippen LogP contribution in [0.1, 0.15) is 31.4 Å². The van der Waals surface area contributed by atoms with Crippen molar-refractivity contribution in [2.24, 2.45) is 0 Å². The summed E-state index contributed by atoms with van der Waals surface area (Å²) < 4.78 is 24.4. The van der Waals surface area contributed by atoms with E-state index in [0.717, 1.165) is 16.7 Å². The van der Waals surface area contributed by atoms with Crippen LogP contribution < -0.4 is 0 Å². The molecule has 0 aromatic heterocycles. The molecule has 0 radical (unpaired) electrons. The second-order valence-electron chi connectivity index (χ2n) is 6.55. The fourth-order valence-electron chi connectivity index (χ4n) is 3.31. The van der Waals surface area contributed by atoms with Gasteiger partial charge in [0.2, 0.25) is 0 Å². The Morgan fingerprint density at radius 3 is 2.52 bits per heavy atom. The smallest absolute Gasteiger partial charge is 0.333 e. The third-order valence-corrected chi connectivity index (χ3v) is 5.69. The van der Waals surface area contributed by atoms with Crippen LogP contribution in [-0.2, 0) is 23.9 Å². The topological polar surface area (TPSA) is 93.1 Å². The van der Waals surface area contributed by atoms with E-state index in [2.05, 4.69) is 0 Å². The van der Waals surface area contributed by atoms with Crippen LogP contribution in [0.3, 0.4) is 0 Å². The lowest BCUT2D eigenvalue weighted by molar-refractivity contribution is -0.149. The zero-order valence-electron chi connectivity index (χ0n) is 16.5. The Morgan fingerprint density at radius 1 is 1.28 bits per heavy atom. The third-order valence-electron chi connectivity index (χ3n) is 4.66. The number of halogens is 1. The van der Waals surface area contributed by atoms with Crippen LogP contribution in [0, 0.1) is 5.82 Å². The van der Waals surface area contributed by atoms with E-state index in [-0.39, 0.29) is 23.6 Å². The molecule has 2 rings (SSSR count). The third kappa shape index (κ3) is 5.88. The summed E-state index contributed by atoms with van der Waals surface area (Å²) in [4.78, 5) is 38.0. The van der Waals surface area contributed by atoms with Gasteiger partial charge in [-0.3, -0.25) is 9.69 Å². The highest BCUT2D eigenvalue weighted by molar-refractivity contribution is 8.16. The number of hydrogen-bond acceptors (Lipinski definition) is 7. The minimum atomic E-state index is -1.12. The lowest BCUT2D eigenvalue weighted by Gasteiger charge is -2.35. The number of nitrogens with zero attached hydrogens (tertiary/aromatic N) is 1. The molecule has 29 heavy (non-hydrogen) atoms. The SMILES string of the molecule is COC(=O)[C@@H](c1ccccc1F)N1CCC(SC(C)=O)=C(CC(OC)C(=O)O)C1. The Hall–Kier alpha value is -2.23. The molecule has 0 amide bonds. The Balaban J connectivity index is 2.39. The normalized spacial score (nSPS) is 17.0. The molecule has 1 N–H and O–H groups in total. The van der Waals surface area contributed by atoms with Gasteiger partial charge in [-0.05, 0) is 23.0 Å². The molecule has 2 atom stereocenters. The number of ether oxygens (including phenoxy) is 2. The largest absolute Gasteiger partial charge is 0.479 e. The van der Waals surface area contributed by atoms with Crippen molar-refractivity contribution in [2.45, 2.75) is 31.9 Å². The maximum Gasteiger partial charge on any atom is 0.333 e. The average Bonchev–Trinajstić information content (AvgIpc) is 2.68.